The average molecular weight is 170 g/mol. The fourth-order valence-electron chi connectivity index (χ4n) is 0.640. The van der Waals surface area contributed by atoms with Gasteiger partial charge >= 0.3 is 11.9 Å². The predicted molar refractivity (Wildman–Crippen MR) is 42.8 cm³/mol. The van der Waals surface area contributed by atoms with Gasteiger partial charge in [-0.3, -0.25) is 0 Å². The average Bonchev–Trinajstić information content (AvgIpc) is 1.84. The van der Waals surface area contributed by atoms with Gasteiger partial charge in [-0.05, 0) is 25.5 Å². The zero-order chi connectivity index (χ0) is 9.72. The molecule has 66 valence electrons. The standard InChI is InChI=1S/C8H10O4/c1-5(4-7(9)10)3-6(2)8(11)12/h3-4H,1-2H3,(H,9,10)(H,11,12)/b5-4-,6-3?. The molecule has 2 N–H and O–H groups in total. The summed E-state index contributed by atoms with van der Waals surface area (Å²) in [5.74, 6) is -2.13. The second-order valence-corrected chi connectivity index (χ2v) is 2.36. The molecule has 4 nitrogen and oxygen atoms in total. The van der Waals surface area contributed by atoms with Crippen molar-refractivity contribution in [2.45, 2.75) is 13.8 Å². The van der Waals surface area contributed by atoms with Crippen LogP contribution in [0, 0.1) is 0 Å². The molecule has 0 aliphatic heterocycles. The molecule has 0 rings (SSSR count). The zero-order valence-corrected chi connectivity index (χ0v) is 6.87. The van der Waals surface area contributed by atoms with Crippen molar-refractivity contribution in [3.63, 3.8) is 0 Å². The van der Waals surface area contributed by atoms with E-state index in [0.717, 1.165) is 6.08 Å². The maximum Gasteiger partial charge on any atom is 0.331 e. The highest BCUT2D eigenvalue weighted by Gasteiger charge is 1.99. The van der Waals surface area contributed by atoms with E-state index in [2.05, 4.69) is 0 Å². The lowest BCUT2D eigenvalue weighted by atomic mass is 10.2. The molecule has 0 aromatic rings. The van der Waals surface area contributed by atoms with Gasteiger partial charge in [0.15, 0.2) is 0 Å². The van der Waals surface area contributed by atoms with Gasteiger partial charge in [-0.1, -0.05) is 0 Å². The monoisotopic (exact) mass is 170 g/mol. The summed E-state index contributed by atoms with van der Waals surface area (Å²) in [5.41, 5.74) is 0.521. The highest BCUT2D eigenvalue weighted by atomic mass is 16.4. The first kappa shape index (κ1) is 10.4. The maximum absolute atomic E-state index is 10.3. The summed E-state index contributed by atoms with van der Waals surface area (Å²) >= 11 is 0. The number of carboxylic acids is 2. The number of allylic oxidation sites excluding steroid dienone is 2. The molecule has 0 amide bonds. The van der Waals surface area contributed by atoms with Gasteiger partial charge in [0.1, 0.15) is 0 Å². The topological polar surface area (TPSA) is 74.6 Å². The minimum absolute atomic E-state index is 0.116. The molecule has 12 heavy (non-hydrogen) atoms. The molecule has 0 aliphatic carbocycles. The van der Waals surface area contributed by atoms with Gasteiger partial charge in [0.2, 0.25) is 0 Å². The largest absolute Gasteiger partial charge is 0.478 e. The van der Waals surface area contributed by atoms with Crippen LogP contribution in [0.15, 0.2) is 23.3 Å². The molecule has 0 radical (unpaired) electrons. The lowest BCUT2D eigenvalue weighted by Crippen LogP contribution is -1.96. The van der Waals surface area contributed by atoms with Gasteiger partial charge in [0.25, 0.3) is 0 Å². The third-order valence-corrected chi connectivity index (χ3v) is 1.13. The summed E-state index contributed by atoms with van der Waals surface area (Å²) in [7, 11) is 0. The fourth-order valence-corrected chi connectivity index (χ4v) is 0.640. The van der Waals surface area contributed by atoms with Crippen molar-refractivity contribution in [1.29, 1.82) is 0 Å². The number of carboxylic acid groups (broad SMARTS) is 2. The first-order valence-electron chi connectivity index (χ1n) is 3.26. The van der Waals surface area contributed by atoms with Crippen molar-refractivity contribution >= 4 is 11.9 Å². The molecule has 0 saturated heterocycles. The summed E-state index contributed by atoms with van der Waals surface area (Å²) in [6.45, 7) is 2.93. The van der Waals surface area contributed by atoms with Crippen LogP contribution in [0.4, 0.5) is 0 Å². The van der Waals surface area contributed by atoms with Crippen molar-refractivity contribution in [1.82, 2.24) is 0 Å². The Morgan fingerprint density at radius 1 is 1.08 bits per heavy atom. The highest BCUT2D eigenvalue weighted by Crippen LogP contribution is 2.01. The molecular formula is C8H10O4. The zero-order valence-electron chi connectivity index (χ0n) is 6.87. The summed E-state index contributed by atoms with van der Waals surface area (Å²) in [6, 6.07) is 0. The van der Waals surface area contributed by atoms with E-state index in [1.807, 2.05) is 0 Å². The van der Waals surface area contributed by atoms with Crippen LogP contribution in [0.3, 0.4) is 0 Å². The van der Waals surface area contributed by atoms with Crippen molar-refractivity contribution in [3.05, 3.63) is 23.3 Å². The molecule has 0 bridgehead atoms. The van der Waals surface area contributed by atoms with Crippen molar-refractivity contribution < 1.29 is 19.8 Å². The predicted octanol–water partition coefficient (Wildman–Crippen LogP) is 1.05. The lowest BCUT2D eigenvalue weighted by molar-refractivity contribution is -0.133. The van der Waals surface area contributed by atoms with Gasteiger partial charge in [0, 0.05) is 11.6 Å². The molecule has 0 aromatic heterocycles. The number of carbonyl (C=O) groups is 2. The quantitative estimate of drug-likeness (QED) is 0.490. The van der Waals surface area contributed by atoms with Gasteiger partial charge in [-0.15, -0.1) is 0 Å². The van der Waals surface area contributed by atoms with E-state index in [1.165, 1.54) is 19.9 Å². The Morgan fingerprint density at radius 2 is 1.58 bits per heavy atom. The van der Waals surface area contributed by atoms with E-state index in [1.54, 1.807) is 0 Å². The van der Waals surface area contributed by atoms with Crippen LogP contribution in [-0.4, -0.2) is 22.2 Å². The van der Waals surface area contributed by atoms with E-state index < -0.39 is 11.9 Å². The van der Waals surface area contributed by atoms with E-state index in [4.69, 9.17) is 10.2 Å². The van der Waals surface area contributed by atoms with Crippen LogP contribution in [0.1, 0.15) is 13.8 Å². The summed E-state index contributed by atoms with van der Waals surface area (Å²) in [4.78, 5) is 20.4. The van der Waals surface area contributed by atoms with Crippen LogP contribution in [-0.2, 0) is 9.59 Å². The first-order chi connectivity index (χ1) is 5.43. The minimum atomic E-state index is -1.08. The van der Waals surface area contributed by atoms with E-state index in [9.17, 15) is 9.59 Å². The number of hydrogen-bond donors (Lipinski definition) is 2. The van der Waals surface area contributed by atoms with E-state index >= 15 is 0 Å². The first-order valence-corrected chi connectivity index (χ1v) is 3.26. The minimum Gasteiger partial charge on any atom is -0.478 e. The normalized spacial score (nSPS) is 12.8. The molecule has 0 aliphatic rings. The van der Waals surface area contributed by atoms with Crippen molar-refractivity contribution in [2.75, 3.05) is 0 Å². The van der Waals surface area contributed by atoms with Crippen LogP contribution in [0.5, 0.6) is 0 Å². The number of hydrogen-bond acceptors (Lipinski definition) is 2. The molecule has 0 aromatic carbocycles. The molecule has 0 atom stereocenters. The fraction of sp³-hybridized carbons (Fsp3) is 0.250. The second-order valence-electron chi connectivity index (χ2n) is 2.36. The summed E-state index contributed by atoms with van der Waals surface area (Å²) in [5, 5.41) is 16.7. The second kappa shape index (κ2) is 4.33. The molecular weight excluding hydrogens is 160 g/mol. The molecule has 0 fully saturated rings. The SMILES string of the molecule is CC(=C/C(C)=C\C(=O)O)C(=O)O. The Morgan fingerprint density at radius 3 is 1.92 bits per heavy atom. The third kappa shape index (κ3) is 4.27. The molecule has 0 heterocycles. The van der Waals surface area contributed by atoms with E-state index in [0.29, 0.717) is 5.57 Å². The highest BCUT2D eigenvalue weighted by molar-refractivity contribution is 5.87. The van der Waals surface area contributed by atoms with Crippen molar-refractivity contribution in [2.24, 2.45) is 0 Å². The van der Waals surface area contributed by atoms with Crippen LogP contribution in [0.2, 0.25) is 0 Å². The lowest BCUT2D eigenvalue weighted by Gasteiger charge is -1.92. The maximum atomic E-state index is 10.3. The Labute approximate surface area is 69.8 Å². The van der Waals surface area contributed by atoms with Gasteiger partial charge in [0.05, 0.1) is 0 Å². The van der Waals surface area contributed by atoms with Gasteiger partial charge < -0.3 is 10.2 Å². The van der Waals surface area contributed by atoms with Crippen LogP contribution >= 0.6 is 0 Å². The molecule has 0 saturated carbocycles. The number of aliphatic carboxylic acids is 2. The van der Waals surface area contributed by atoms with Crippen LogP contribution in [0.25, 0.3) is 0 Å². The van der Waals surface area contributed by atoms with Crippen LogP contribution < -0.4 is 0 Å². The Balaban J connectivity index is 4.54. The Hall–Kier alpha value is -1.58. The molecule has 0 unspecified atom stereocenters. The molecule has 0 spiro atoms. The Kier molecular flexibility index (Phi) is 3.76. The van der Waals surface area contributed by atoms with Gasteiger partial charge in [-0.25, -0.2) is 9.59 Å². The van der Waals surface area contributed by atoms with Crippen molar-refractivity contribution in [3.8, 4) is 0 Å². The smallest absolute Gasteiger partial charge is 0.331 e. The Bertz CT molecular complexity index is 260. The summed E-state index contributed by atoms with van der Waals surface area (Å²) < 4.78 is 0. The number of rotatable bonds is 3. The summed E-state index contributed by atoms with van der Waals surface area (Å²) in [6.07, 6.45) is 2.25. The van der Waals surface area contributed by atoms with Gasteiger partial charge in [-0.2, -0.15) is 0 Å². The molecule has 4 heteroatoms. The third-order valence-electron chi connectivity index (χ3n) is 1.13. The van der Waals surface area contributed by atoms with E-state index in [-0.39, 0.29) is 5.57 Å².